The van der Waals surface area contributed by atoms with E-state index in [-0.39, 0.29) is 12.1 Å². The van der Waals surface area contributed by atoms with E-state index in [2.05, 4.69) is 31.5 Å². The summed E-state index contributed by atoms with van der Waals surface area (Å²) in [6, 6.07) is 12.7. The van der Waals surface area contributed by atoms with Crippen LogP contribution in [-0.2, 0) is 0 Å². The molecule has 1 unspecified atom stereocenters. The average molecular weight is 320 g/mol. The first kappa shape index (κ1) is 13.5. The number of urea groups is 1. The molecule has 0 spiro atoms. The van der Waals surface area contributed by atoms with E-state index in [1.165, 1.54) is 0 Å². The topological polar surface area (TPSA) is 54.0 Å². The summed E-state index contributed by atoms with van der Waals surface area (Å²) in [5.41, 5.74) is 1.56. The summed E-state index contributed by atoms with van der Waals surface area (Å²) in [6.07, 6.45) is 1.71. The van der Waals surface area contributed by atoms with Crippen molar-refractivity contribution in [1.82, 2.24) is 10.3 Å². The number of carbonyl (C=O) groups excluding carboxylic acids is 1. The van der Waals surface area contributed by atoms with E-state index in [4.69, 9.17) is 0 Å². The summed E-state index contributed by atoms with van der Waals surface area (Å²) in [4.78, 5) is 16.0. The van der Waals surface area contributed by atoms with Crippen LogP contribution in [0.3, 0.4) is 0 Å². The highest BCUT2D eigenvalue weighted by Crippen LogP contribution is 2.16. The van der Waals surface area contributed by atoms with Crippen LogP contribution in [-0.4, -0.2) is 11.0 Å². The minimum atomic E-state index is -0.253. The lowest BCUT2D eigenvalue weighted by atomic mass is 10.2. The zero-order valence-corrected chi connectivity index (χ0v) is 12.0. The normalized spacial score (nSPS) is 11.7. The van der Waals surface area contributed by atoms with Crippen LogP contribution in [0.5, 0.6) is 0 Å². The highest BCUT2D eigenvalue weighted by atomic mass is 79.9. The van der Waals surface area contributed by atoms with Gasteiger partial charge in [0.25, 0.3) is 0 Å². The van der Waals surface area contributed by atoms with Crippen LogP contribution in [0.4, 0.5) is 10.5 Å². The SMILES string of the molecule is CC(NC(=O)Nc1cccc(Br)c1)c1ccccn1. The molecule has 2 rings (SSSR count). The Hall–Kier alpha value is -1.88. The lowest BCUT2D eigenvalue weighted by Crippen LogP contribution is -2.31. The molecule has 5 heteroatoms. The second-order valence-corrected chi connectivity index (χ2v) is 5.00. The van der Waals surface area contributed by atoms with Crippen LogP contribution in [0, 0.1) is 0 Å². The molecule has 19 heavy (non-hydrogen) atoms. The highest BCUT2D eigenvalue weighted by Gasteiger charge is 2.10. The first-order valence-electron chi connectivity index (χ1n) is 5.89. The Labute approximate surface area is 120 Å². The number of rotatable bonds is 3. The molecule has 98 valence electrons. The quantitative estimate of drug-likeness (QED) is 0.905. The largest absolute Gasteiger partial charge is 0.330 e. The Balaban J connectivity index is 1.95. The fourth-order valence-electron chi connectivity index (χ4n) is 1.64. The third-order valence-electron chi connectivity index (χ3n) is 2.56. The van der Waals surface area contributed by atoms with Crippen LogP contribution in [0.25, 0.3) is 0 Å². The lowest BCUT2D eigenvalue weighted by molar-refractivity contribution is 0.249. The molecule has 0 radical (unpaired) electrons. The second kappa shape index (κ2) is 6.33. The molecular formula is C14H14BrN3O. The van der Waals surface area contributed by atoms with Gasteiger partial charge in [0.15, 0.2) is 0 Å². The van der Waals surface area contributed by atoms with E-state index in [0.717, 1.165) is 15.9 Å². The van der Waals surface area contributed by atoms with Crippen molar-refractivity contribution in [3.05, 3.63) is 58.8 Å². The van der Waals surface area contributed by atoms with Crippen molar-refractivity contribution in [1.29, 1.82) is 0 Å². The van der Waals surface area contributed by atoms with Crippen molar-refractivity contribution in [3.63, 3.8) is 0 Å². The Kier molecular flexibility index (Phi) is 4.52. The lowest BCUT2D eigenvalue weighted by Gasteiger charge is -2.14. The first-order valence-corrected chi connectivity index (χ1v) is 6.68. The van der Waals surface area contributed by atoms with Gasteiger partial charge < -0.3 is 10.6 Å². The van der Waals surface area contributed by atoms with Crippen molar-refractivity contribution < 1.29 is 4.79 Å². The van der Waals surface area contributed by atoms with Crippen molar-refractivity contribution in [3.8, 4) is 0 Å². The van der Waals surface area contributed by atoms with Gasteiger partial charge in [0.1, 0.15) is 0 Å². The third kappa shape index (κ3) is 4.06. The summed E-state index contributed by atoms with van der Waals surface area (Å²) < 4.78 is 0.920. The molecule has 1 aromatic heterocycles. The molecule has 0 saturated carbocycles. The van der Waals surface area contributed by atoms with Crippen molar-refractivity contribution in [2.75, 3.05) is 5.32 Å². The number of pyridine rings is 1. The second-order valence-electron chi connectivity index (χ2n) is 4.09. The predicted molar refractivity (Wildman–Crippen MR) is 78.9 cm³/mol. The molecule has 2 aromatic rings. The maximum absolute atomic E-state index is 11.8. The van der Waals surface area contributed by atoms with Gasteiger partial charge in [0, 0.05) is 16.4 Å². The number of halogens is 1. The minimum absolute atomic E-state index is 0.145. The summed E-state index contributed by atoms with van der Waals surface area (Å²) >= 11 is 3.36. The summed E-state index contributed by atoms with van der Waals surface area (Å²) in [5.74, 6) is 0. The average Bonchev–Trinajstić information content (AvgIpc) is 2.39. The first-order chi connectivity index (χ1) is 9.15. The molecule has 0 aliphatic heterocycles. The Morgan fingerprint density at radius 2 is 2.11 bits per heavy atom. The van der Waals surface area contributed by atoms with Gasteiger partial charge in [-0.3, -0.25) is 4.98 Å². The van der Waals surface area contributed by atoms with Gasteiger partial charge in [-0.1, -0.05) is 28.1 Å². The molecule has 1 aromatic carbocycles. The Morgan fingerprint density at radius 1 is 1.26 bits per heavy atom. The fraction of sp³-hybridized carbons (Fsp3) is 0.143. The molecule has 1 heterocycles. The Bertz CT molecular complexity index is 560. The number of benzene rings is 1. The smallest absolute Gasteiger partial charge is 0.319 e. The molecule has 4 nitrogen and oxygen atoms in total. The van der Waals surface area contributed by atoms with Gasteiger partial charge in [-0.15, -0.1) is 0 Å². The van der Waals surface area contributed by atoms with E-state index in [0.29, 0.717) is 0 Å². The number of nitrogens with one attached hydrogen (secondary N) is 2. The molecule has 0 aliphatic carbocycles. The number of carbonyl (C=O) groups is 1. The van der Waals surface area contributed by atoms with E-state index in [9.17, 15) is 4.79 Å². The number of anilines is 1. The molecule has 2 N–H and O–H groups in total. The van der Waals surface area contributed by atoms with E-state index in [1.54, 1.807) is 6.20 Å². The van der Waals surface area contributed by atoms with Gasteiger partial charge in [0.2, 0.25) is 0 Å². The summed E-state index contributed by atoms with van der Waals surface area (Å²) in [7, 11) is 0. The standard InChI is InChI=1S/C14H14BrN3O/c1-10(13-7-2-3-8-16-13)17-14(19)18-12-6-4-5-11(15)9-12/h2-10H,1H3,(H2,17,18,19). The van der Waals surface area contributed by atoms with Gasteiger partial charge in [-0.05, 0) is 37.3 Å². The van der Waals surface area contributed by atoms with Crippen molar-refractivity contribution in [2.24, 2.45) is 0 Å². The number of amides is 2. The van der Waals surface area contributed by atoms with Crippen LogP contribution in [0.2, 0.25) is 0 Å². The monoisotopic (exact) mass is 319 g/mol. The number of aromatic nitrogens is 1. The van der Waals surface area contributed by atoms with E-state index in [1.807, 2.05) is 49.4 Å². The van der Waals surface area contributed by atoms with Crippen LogP contribution < -0.4 is 10.6 Å². The third-order valence-corrected chi connectivity index (χ3v) is 3.05. The molecule has 0 saturated heterocycles. The molecule has 0 aliphatic rings. The summed E-state index contributed by atoms with van der Waals surface area (Å²) in [6.45, 7) is 1.89. The van der Waals surface area contributed by atoms with Crippen molar-refractivity contribution in [2.45, 2.75) is 13.0 Å². The predicted octanol–water partition coefficient (Wildman–Crippen LogP) is 3.73. The molecule has 1 atom stereocenters. The summed E-state index contributed by atoms with van der Waals surface area (Å²) in [5, 5.41) is 5.61. The van der Waals surface area contributed by atoms with Gasteiger partial charge in [-0.2, -0.15) is 0 Å². The maximum atomic E-state index is 11.8. The molecule has 0 bridgehead atoms. The number of hydrogen-bond acceptors (Lipinski definition) is 2. The zero-order chi connectivity index (χ0) is 13.7. The molecular weight excluding hydrogens is 306 g/mol. The fourth-order valence-corrected chi connectivity index (χ4v) is 2.04. The van der Waals surface area contributed by atoms with Gasteiger partial charge in [-0.25, -0.2) is 4.79 Å². The van der Waals surface area contributed by atoms with Crippen LogP contribution >= 0.6 is 15.9 Å². The minimum Gasteiger partial charge on any atom is -0.330 e. The van der Waals surface area contributed by atoms with Crippen LogP contribution in [0.1, 0.15) is 18.7 Å². The van der Waals surface area contributed by atoms with Crippen molar-refractivity contribution >= 4 is 27.6 Å². The molecule has 2 amide bonds. The highest BCUT2D eigenvalue weighted by molar-refractivity contribution is 9.10. The maximum Gasteiger partial charge on any atom is 0.319 e. The van der Waals surface area contributed by atoms with E-state index >= 15 is 0 Å². The van der Waals surface area contributed by atoms with E-state index < -0.39 is 0 Å². The number of nitrogens with zero attached hydrogens (tertiary/aromatic N) is 1. The Morgan fingerprint density at radius 3 is 2.79 bits per heavy atom. The zero-order valence-electron chi connectivity index (χ0n) is 10.4. The van der Waals surface area contributed by atoms with Gasteiger partial charge in [0.05, 0.1) is 11.7 Å². The van der Waals surface area contributed by atoms with Gasteiger partial charge >= 0.3 is 6.03 Å². The number of hydrogen-bond donors (Lipinski definition) is 2. The molecule has 0 fully saturated rings. The van der Waals surface area contributed by atoms with Crippen LogP contribution in [0.15, 0.2) is 53.1 Å².